The van der Waals surface area contributed by atoms with Gasteiger partial charge in [-0.05, 0) is 19.8 Å². The predicted molar refractivity (Wildman–Crippen MR) is 29.6 cm³/mol. The molecule has 0 amide bonds. The van der Waals surface area contributed by atoms with Gasteiger partial charge in [0.2, 0.25) is 0 Å². The molecule has 46 valence electrons. The number of hydrogen-bond donors (Lipinski definition) is 0. The van der Waals surface area contributed by atoms with Crippen molar-refractivity contribution in [2.75, 3.05) is 0 Å². The van der Waals surface area contributed by atoms with E-state index in [4.69, 9.17) is 4.74 Å². The first-order valence-corrected chi connectivity index (χ1v) is 2.93. The molecule has 2 nitrogen and oxygen atoms in total. The van der Waals surface area contributed by atoms with Gasteiger partial charge < -0.3 is 9.53 Å². The summed E-state index contributed by atoms with van der Waals surface area (Å²) in [5, 5.41) is 0. The van der Waals surface area contributed by atoms with Crippen LogP contribution in [0.15, 0.2) is 0 Å². The summed E-state index contributed by atoms with van der Waals surface area (Å²) in [6.45, 7) is 1.99. The van der Waals surface area contributed by atoms with E-state index in [9.17, 15) is 4.79 Å². The molecule has 2 atom stereocenters. The smallest absolute Gasteiger partial charge is 0.148 e. The van der Waals surface area contributed by atoms with Crippen LogP contribution in [-0.4, -0.2) is 18.5 Å². The van der Waals surface area contributed by atoms with Crippen LogP contribution in [0.3, 0.4) is 0 Å². The van der Waals surface area contributed by atoms with Crippen molar-refractivity contribution in [1.82, 2.24) is 0 Å². The third-order valence-corrected chi connectivity index (χ3v) is 1.42. The first-order valence-electron chi connectivity index (χ1n) is 2.93. The van der Waals surface area contributed by atoms with E-state index in [1.807, 2.05) is 6.92 Å². The first-order chi connectivity index (χ1) is 3.83. The molecule has 0 radical (unpaired) electrons. The van der Waals surface area contributed by atoms with Gasteiger partial charge in [-0.3, -0.25) is 0 Å². The molecule has 1 aliphatic heterocycles. The lowest BCUT2D eigenvalue weighted by Gasteiger charge is -2.00. The van der Waals surface area contributed by atoms with Crippen molar-refractivity contribution < 1.29 is 9.53 Å². The molecule has 0 bridgehead atoms. The fourth-order valence-corrected chi connectivity index (χ4v) is 0.934. The van der Waals surface area contributed by atoms with E-state index in [2.05, 4.69) is 0 Å². The second-order valence-electron chi connectivity index (χ2n) is 2.20. The number of hydrogen-bond acceptors (Lipinski definition) is 2. The summed E-state index contributed by atoms with van der Waals surface area (Å²) in [5.41, 5.74) is 0. The van der Waals surface area contributed by atoms with E-state index in [1.54, 1.807) is 0 Å². The fraction of sp³-hybridized carbons (Fsp3) is 0.833. The van der Waals surface area contributed by atoms with Crippen molar-refractivity contribution in [3.05, 3.63) is 0 Å². The quantitative estimate of drug-likeness (QED) is 0.470. The van der Waals surface area contributed by atoms with Crippen LogP contribution >= 0.6 is 0 Å². The molecule has 1 aliphatic rings. The Bertz CT molecular complexity index is 90.5. The van der Waals surface area contributed by atoms with Gasteiger partial charge in [0, 0.05) is 0 Å². The number of carbonyl (C=O) groups excluding carboxylic acids is 1. The zero-order valence-electron chi connectivity index (χ0n) is 4.96. The Morgan fingerprint density at radius 3 is 2.62 bits per heavy atom. The molecule has 0 saturated carbocycles. The third kappa shape index (κ3) is 1.07. The minimum atomic E-state index is -0.106. The minimum absolute atomic E-state index is 0.106. The number of ether oxygens (including phenoxy) is 1. The topological polar surface area (TPSA) is 26.3 Å². The van der Waals surface area contributed by atoms with Crippen molar-refractivity contribution in [2.45, 2.75) is 32.0 Å². The Balaban J connectivity index is 2.32. The average Bonchev–Trinajstić information content (AvgIpc) is 2.14. The van der Waals surface area contributed by atoms with Crippen LogP contribution in [0.4, 0.5) is 0 Å². The van der Waals surface area contributed by atoms with E-state index in [0.717, 1.165) is 19.1 Å². The van der Waals surface area contributed by atoms with Crippen LogP contribution in [0.1, 0.15) is 19.8 Å². The molecule has 0 aliphatic carbocycles. The SMILES string of the molecule is CC1CC[C@H](C=O)O1. The molecule has 1 heterocycles. The number of carbonyl (C=O) groups is 1. The highest BCUT2D eigenvalue weighted by Gasteiger charge is 2.19. The molecule has 0 aromatic heterocycles. The van der Waals surface area contributed by atoms with Crippen LogP contribution in [0.2, 0.25) is 0 Å². The molecule has 1 fully saturated rings. The van der Waals surface area contributed by atoms with Crippen LogP contribution in [0, 0.1) is 0 Å². The maximum atomic E-state index is 10.0. The van der Waals surface area contributed by atoms with Crippen molar-refractivity contribution in [3.63, 3.8) is 0 Å². The molecule has 2 heteroatoms. The lowest BCUT2D eigenvalue weighted by Crippen LogP contribution is -2.08. The first kappa shape index (κ1) is 5.76. The lowest BCUT2D eigenvalue weighted by atomic mass is 10.2. The molecular weight excluding hydrogens is 104 g/mol. The van der Waals surface area contributed by atoms with E-state index < -0.39 is 0 Å². The van der Waals surface area contributed by atoms with E-state index in [1.165, 1.54) is 0 Å². The molecule has 0 spiro atoms. The summed E-state index contributed by atoms with van der Waals surface area (Å²) in [7, 11) is 0. The molecule has 0 N–H and O–H groups in total. The van der Waals surface area contributed by atoms with Crippen LogP contribution in [-0.2, 0) is 9.53 Å². The van der Waals surface area contributed by atoms with Crippen molar-refractivity contribution in [3.8, 4) is 0 Å². The largest absolute Gasteiger partial charge is 0.368 e. The van der Waals surface area contributed by atoms with E-state index >= 15 is 0 Å². The van der Waals surface area contributed by atoms with Crippen molar-refractivity contribution in [1.29, 1.82) is 0 Å². The molecule has 0 aromatic rings. The summed E-state index contributed by atoms with van der Waals surface area (Å²) < 4.78 is 5.14. The third-order valence-electron chi connectivity index (χ3n) is 1.42. The normalized spacial score (nSPS) is 37.6. The fourth-order valence-electron chi connectivity index (χ4n) is 0.934. The van der Waals surface area contributed by atoms with Gasteiger partial charge in [-0.1, -0.05) is 0 Å². The molecule has 8 heavy (non-hydrogen) atoms. The summed E-state index contributed by atoms with van der Waals surface area (Å²) in [6.07, 6.45) is 3.01. The van der Waals surface area contributed by atoms with E-state index in [0.29, 0.717) is 6.10 Å². The molecule has 1 saturated heterocycles. The highest BCUT2D eigenvalue weighted by atomic mass is 16.5. The second-order valence-corrected chi connectivity index (χ2v) is 2.20. The molecule has 1 unspecified atom stereocenters. The Labute approximate surface area is 48.8 Å². The molecular formula is C6H10O2. The predicted octanol–water partition coefficient (Wildman–Crippen LogP) is 0.753. The molecule has 1 rings (SSSR count). The highest BCUT2D eigenvalue weighted by Crippen LogP contribution is 2.16. The van der Waals surface area contributed by atoms with E-state index in [-0.39, 0.29) is 6.10 Å². The van der Waals surface area contributed by atoms with Gasteiger partial charge in [-0.15, -0.1) is 0 Å². The van der Waals surface area contributed by atoms with Gasteiger partial charge >= 0.3 is 0 Å². The Hall–Kier alpha value is -0.370. The zero-order chi connectivity index (χ0) is 5.98. The maximum Gasteiger partial charge on any atom is 0.148 e. The number of aldehydes is 1. The van der Waals surface area contributed by atoms with Gasteiger partial charge in [-0.2, -0.15) is 0 Å². The Morgan fingerprint density at radius 1 is 1.62 bits per heavy atom. The molecule has 0 aromatic carbocycles. The second kappa shape index (κ2) is 2.27. The monoisotopic (exact) mass is 114 g/mol. The highest BCUT2D eigenvalue weighted by molar-refractivity contribution is 5.56. The summed E-state index contributed by atoms with van der Waals surface area (Å²) >= 11 is 0. The number of rotatable bonds is 1. The summed E-state index contributed by atoms with van der Waals surface area (Å²) in [6, 6.07) is 0. The lowest BCUT2D eigenvalue weighted by molar-refractivity contribution is -0.117. The van der Waals surface area contributed by atoms with Crippen molar-refractivity contribution >= 4 is 6.29 Å². The van der Waals surface area contributed by atoms with Gasteiger partial charge in [0.05, 0.1) is 6.10 Å². The zero-order valence-corrected chi connectivity index (χ0v) is 4.96. The summed E-state index contributed by atoms with van der Waals surface area (Å²) in [4.78, 5) is 10.0. The Morgan fingerprint density at radius 2 is 2.38 bits per heavy atom. The van der Waals surface area contributed by atoms with Crippen LogP contribution in [0.5, 0.6) is 0 Å². The van der Waals surface area contributed by atoms with Crippen LogP contribution < -0.4 is 0 Å². The maximum absolute atomic E-state index is 10.0. The Kier molecular flexibility index (Phi) is 1.63. The standard InChI is InChI=1S/C6H10O2/c1-5-2-3-6(4-7)8-5/h4-6H,2-3H2,1H3/t5?,6-/m1/s1. The van der Waals surface area contributed by atoms with Gasteiger partial charge in [0.25, 0.3) is 0 Å². The van der Waals surface area contributed by atoms with Gasteiger partial charge in [-0.25, -0.2) is 0 Å². The minimum Gasteiger partial charge on any atom is -0.368 e. The van der Waals surface area contributed by atoms with Crippen LogP contribution in [0.25, 0.3) is 0 Å². The van der Waals surface area contributed by atoms with Gasteiger partial charge in [0.15, 0.2) is 0 Å². The van der Waals surface area contributed by atoms with Crippen molar-refractivity contribution in [2.24, 2.45) is 0 Å². The summed E-state index contributed by atoms with van der Waals surface area (Å²) in [5.74, 6) is 0. The average molecular weight is 114 g/mol. The van der Waals surface area contributed by atoms with Gasteiger partial charge in [0.1, 0.15) is 12.4 Å².